The van der Waals surface area contributed by atoms with Gasteiger partial charge in [0.1, 0.15) is 35.4 Å². The van der Waals surface area contributed by atoms with Gasteiger partial charge >= 0.3 is 0 Å². The van der Waals surface area contributed by atoms with Crippen LogP contribution in [0.4, 0.5) is 0 Å². The third-order valence-electron chi connectivity index (χ3n) is 5.89. The van der Waals surface area contributed by atoms with Crippen LogP contribution >= 0.6 is 0 Å². The molecule has 0 radical (unpaired) electrons. The Morgan fingerprint density at radius 3 is 1.72 bits per heavy atom. The molecule has 0 bridgehead atoms. The van der Waals surface area contributed by atoms with Gasteiger partial charge in [-0.3, -0.25) is 0 Å². The maximum absolute atomic E-state index is 10.3. The van der Waals surface area contributed by atoms with E-state index in [1.165, 1.54) is 0 Å². The van der Waals surface area contributed by atoms with Gasteiger partial charge in [0, 0.05) is 0 Å². The number of aliphatic hydroxyl groups excluding tert-OH is 2. The van der Waals surface area contributed by atoms with E-state index in [-0.39, 0.29) is 13.2 Å². The van der Waals surface area contributed by atoms with Crippen LogP contribution in [0.2, 0.25) is 0 Å². The number of hydrogen-bond donors (Lipinski definition) is 2. The molecule has 1 fully saturated rings. The molecule has 1 aliphatic heterocycles. The van der Waals surface area contributed by atoms with Gasteiger partial charge in [0.25, 0.3) is 0 Å². The second-order valence-electron chi connectivity index (χ2n) is 7.74. The molecule has 1 saturated heterocycles. The van der Waals surface area contributed by atoms with Gasteiger partial charge < -0.3 is 29.2 Å². The van der Waals surface area contributed by atoms with Crippen molar-refractivity contribution < 1.29 is 29.2 Å². The highest BCUT2D eigenvalue weighted by Crippen LogP contribution is 2.42. The van der Waals surface area contributed by atoms with Crippen LogP contribution in [0.3, 0.4) is 0 Å². The first kappa shape index (κ1) is 22.3. The molecule has 0 saturated carbocycles. The van der Waals surface area contributed by atoms with E-state index in [4.69, 9.17) is 18.9 Å². The summed E-state index contributed by atoms with van der Waals surface area (Å²) in [6.45, 7) is 0.170. The molecule has 0 aromatic heterocycles. The molecular formula is C26H28O6. The van der Waals surface area contributed by atoms with Crippen molar-refractivity contribution in [1.82, 2.24) is 0 Å². The van der Waals surface area contributed by atoms with Crippen molar-refractivity contribution in [3.05, 3.63) is 95.6 Å². The fraction of sp³-hybridized carbons (Fsp3) is 0.308. The van der Waals surface area contributed by atoms with Crippen LogP contribution in [0.15, 0.2) is 78.9 Å². The van der Waals surface area contributed by atoms with Crippen LogP contribution in [-0.2, 0) is 15.1 Å². The Bertz CT molecular complexity index is 940. The van der Waals surface area contributed by atoms with Crippen molar-refractivity contribution in [3.63, 3.8) is 0 Å². The first-order chi connectivity index (χ1) is 15.6. The number of ether oxygens (including phenoxy) is 4. The van der Waals surface area contributed by atoms with Crippen molar-refractivity contribution in [2.45, 2.75) is 23.9 Å². The second-order valence-corrected chi connectivity index (χ2v) is 7.74. The summed E-state index contributed by atoms with van der Waals surface area (Å²) in [5, 5.41) is 20.2. The molecule has 0 unspecified atom stereocenters. The maximum Gasteiger partial charge on any atom is 0.143 e. The van der Waals surface area contributed by atoms with E-state index < -0.39 is 23.9 Å². The quantitative estimate of drug-likeness (QED) is 0.529. The fourth-order valence-electron chi connectivity index (χ4n) is 4.10. The molecular weight excluding hydrogens is 408 g/mol. The van der Waals surface area contributed by atoms with Crippen molar-refractivity contribution >= 4 is 0 Å². The molecule has 3 aromatic rings. The molecule has 0 spiro atoms. The second kappa shape index (κ2) is 9.71. The molecule has 0 aliphatic carbocycles. The predicted molar refractivity (Wildman–Crippen MR) is 120 cm³/mol. The van der Waals surface area contributed by atoms with Crippen molar-refractivity contribution in [2.24, 2.45) is 0 Å². The lowest BCUT2D eigenvalue weighted by molar-refractivity contribution is -0.0725. The standard InChI is InChI=1S/C26H28O6/c1-29-21-12-8-19(9-13-21)26(18-6-4-3-5-7-18,20-10-14-22(30-2)15-11-20)32-17-24-25(28)23(27)16-31-24/h3-15,23-25,27-28H,16-17H2,1-2H3/t23-,24+,25-/m0/s1. The largest absolute Gasteiger partial charge is 0.497 e. The Hall–Kier alpha value is -2.90. The Morgan fingerprint density at radius 2 is 1.28 bits per heavy atom. The van der Waals surface area contributed by atoms with Crippen molar-refractivity contribution in [3.8, 4) is 11.5 Å². The number of hydrogen-bond acceptors (Lipinski definition) is 6. The Morgan fingerprint density at radius 1 is 0.781 bits per heavy atom. The Labute approximate surface area is 188 Å². The maximum atomic E-state index is 10.3. The third kappa shape index (κ3) is 4.23. The van der Waals surface area contributed by atoms with Gasteiger partial charge in [-0.2, -0.15) is 0 Å². The highest BCUT2D eigenvalue weighted by atomic mass is 16.6. The highest BCUT2D eigenvalue weighted by Gasteiger charge is 2.41. The summed E-state index contributed by atoms with van der Waals surface area (Å²) in [5.74, 6) is 1.48. The molecule has 3 atom stereocenters. The molecule has 32 heavy (non-hydrogen) atoms. The summed E-state index contributed by atoms with van der Waals surface area (Å²) in [4.78, 5) is 0. The SMILES string of the molecule is COc1ccc(C(OC[C@H]2OC[C@H](O)[C@@H]2O)(c2ccccc2)c2ccc(OC)cc2)cc1. The van der Waals surface area contributed by atoms with Crippen molar-refractivity contribution in [1.29, 1.82) is 0 Å². The molecule has 6 nitrogen and oxygen atoms in total. The van der Waals surface area contributed by atoms with Gasteiger partial charge in [0.05, 0.1) is 27.4 Å². The summed E-state index contributed by atoms with van der Waals surface area (Å²) >= 11 is 0. The van der Waals surface area contributed by atoms with E-state index in [1.54, 1.807) is 14.2 Å². The average Bonchev–Trinajstić information content (AvgIpc) is 3.18. The topological polar surface area (TPSA) is 77.4 Å². The van der Waals surface area contributed by atoms with E-state index in [2.05, 4.69) is 0 Å². The Balaban J connectivity index is 1.84. The van der Waals surface area contributed by atoms with Gasteiger partial charge in [-0.25, -0.2) is 0 Å². The number of benzene rings is 3. The Kier molecular flexibility index (Phi) is 6.77. The van der Waals surface area contributed by atoms with E-state index in [1.807, 2.05) is 78.9 Å². The number of rotatable bonds is 8. The summed E-state index contributed by atoms with van der Waals surface area (Å²) < 4.78 is 23.0. The third-order valence-corrected chi connectivity index (χ3v) is 5.89. The molecule has 3 aromatic carbocycles. The first-order valence-corrected chi connectivity index (χ1v) is 10.5. The average molecular weight is 437 g/mol. The van der Waals surface area contributed by atoms with Gasteiger partial charge in [-0.15, -0.1) is 0 Å². The zero-order valence-corrected chi connectivity index (χ0v) is 18.2. The predicted octanol–water partition coefficient (Wildman–Crippen LogP) is 3.13. The van der Waals surface area contributed by atoms with E-state index in [0.29, 0.717) is 0 Å². The number of methoxy groups -OCH3 is 2. The molecule has 4 rings (SSSR count). The molecule has 1 heterocycles. The molecule has 0 amide bonds. The lowest BCUT2D eigenvalue weighted by Gasteiger charge is -2.37. The van der Waals surface area contributed by atoms with Gasteiger partial charge in [-0.05, 0) is 41.0 Å². The van der Waals surface area contributed by atoms with Crippen LogP contribution in [0.1, 0.15) is 16.7 Å². The summed E-state index contributed by atoms with van der Waals surface area (Å²) in [6, 6.07) is 25.4. The molecule has 2 N–H and O–H groups in total. The number of aliphatic hydroxyl groups is 2. The first-order valence-electron chi connectivity index (χ1n) is 10.5. The van der Waals surface area contributed by atoms with E-state index in [9.17, 15) is 10.2 Å². The fourth-order valence-corrected chi connectivity index (χ4v) is 4.10. The molecule has 168 valence electrons. The monoisotopic (exact) mass is 436 g/mol. The van der Waals surface area contributed by atoms with Crippen LogP contribution < -0.4 is 9.47 Å². The van der Waals surface area contributed by atoms with Crippen LogP contribution in [0, 0.1) is 0 Å². The zero-order valence-electron chi connectivity index (χ0n) is 18.2. The van der Waals surface area contributed by atoms with Gasteiger partial charge in [0.2, 0.25) is 0 Å². The minimum absolute atomic E-state index is 0.0819. The highest BCUT2D eigenvalue weighted by molar-refractivity contribution is 5.49. The van der Waals surface area contributed by atoms with Gasteiger partial charge in [0.15, 0.2) is 0 Å². The summed E-state index contributed by atoms with van der Waals surface area (Å²) in [7, 11) is 3.26. The van der Waals surface area contributed by atoms with E-state index >= 15 is 0 Å². The molecule has 1 aliphatic rings. The van der Waals surface area contributed by atoms with E-state index in [0.717, 1.165) is 28.2 Å². The zero-order chi connectivity index (χ0) is 22.6. The minimum atomic E-state index is -1.00. The van der Waals surface area contributed by atoms with Crippen molar-refractivity contribution in [2.75, 3.05) is 27.4 Å². The lowest BCUT2D eigenvalue weighted by Crippen LogP contribution is -2.39. The normalized spacial score (nSPS) is 20.8. The lowest BCUT2D eigenvalue weighted by atomic mass is 9.80. The summed E-state index contributed by atoms with van der Waals surface area (Å²) in [6.07, 6.45) is -2.56. The summed E-state index contributed by atoms with van der Waals surface area (Å²) in [5.41, 5.74) is 1.71. The molecule has 6 heteroatoms. The van der Waals surface area contributed by atoms with Crippen LogP contribution in [0.25, 0.3) is 0 Å². The van der Waals surface area contributed by atoms with Gasteiger partial charge in [-0.1, -0.05) is 54.6 Å². The van der Waals surface area contributed by atoms with Crippen LogP contribution in [-0.4, -0.2) is 56.0 Å². The minimum Gasteiger partial charge on any atom is -0.497 e. The smallest absolute Gasteiger partial charge is 0.143 e. The van der Waals surface area contributed by atoms with Crippen LogP contribution in [0.5, 0.6) is 11.5 Å².